The van der Waals surface area contributed by atoms with Gasteiger partial charge in [-0.3, -0.25) is 4.99 Å². The monoisotopic (exact) mass is 389 g/mol. The molecular formula is C15H18Cl3N5O. The van der Waals surface area contributed by atoms with Crippen molar-refractivity contribution in [2.75, 3.05) is 20.2 Å². The Morgan fingerprint density at radius 3 is 2.71 bits per heavy atom. The Kier molecular flexibility index (Phi) is 7.02. The van der Waals surface area contributed by atoms with Gasteiger partial charge in [0.1, 0.15) is 16.8 Å². The molecular weight excluding hydrogens is 373 g/mol. The molecule has 0 spiro atoms. The lowest BCUT2D eigenvalue weighted by Crippen LogP contribution is -2.39. The van der Waals surface area contributed by atoms with Crippen molar-refractivity contribution in [1.29, 1.82) is 0 Å². The first-order valence-electron chi connectivity index (χ1n) is 7.20. The van der Waals surface area contributed by atoms with Crippen LogP contribution in [0.15, 0.2) is 29.4 Å². The van der Waals surface area contributed by atoms with E-state index in [9.17, 15) is 0 Å². The van der Waals surface area contributed by atoms with Gasteiger partial charge in [0.25, 0.3) is 0 Å². The van der Waals surface area contributed by atoms with Crippen molar-refractivity contribution >= 4 is 40.8 Å². The summed E-state index contributed by atoms with van der Waals surface area (Å²) < 4.78 is 7.32. The number of pyridine rings is 1. The molecule has 0 aliphatic carbocycles. The quantitative estimate of drug-likeness (QED) is 0.452. The molecule has 0 radical (unpaired) electrons. The van der Waals surface area contributed by atoms with Crippen molar-refractivity contribution in [3.63, 3.8) is 0 Å². The molecule has 0 saturated heterocycles. The molecule has 0 atom stereocenters. The molecule has 2 aromatic heterocycles. The van der Waals surface area contributed by atoms with Gasteiger partial charge >= 0.3 is 0 Å². The summed E-state index contributed by atoms with van der Waals surface area (Å²) in [5.74, 6) is 1.05. The fourth-order valence-electron chi connectivity index (χ4n) is 1.95. The van der Waals surface area contributed by atoms with Crippen LogP contribution in [-0.4, -0.2) is 35.7 Å². The van der Waals surface area contributed by atoms with Gasteiger partial charge in [0.2, 0.25) is 5.88 Å². The maximum absolute atomic E-state index is 6.05. The van der Waals surface area contributed by atoms with E-state index in [-0.39, 0.29) is 0 Å². The van der Waals surface area contributed by atoms with Gasteiger partial charge in [-0.25, -0.2) is 4.98 Å². The van der Waals surface area contributed by atoms with Crippen LogP contribution >= 0.6 is 34.8 Å². The zero-order valence-electron chi connectivity index (χ0n) is 13.3. The highest BCUT2D eigenvalue weighted by Gasteiger charge is 2.09. The van der Waals surface area contributed by atoms with Crippen LogP contribution in [0.2, 0.25) is 15.2 Å². The van der Waals surface area contributed by atoms with E-state index in [4.69, 9.17) is 39.5 Å². The number of ether oxygens (including phenoxy) is 1. The number of aliphatic imine (C=N–C) groups is 1. The van der Waals surface area contributed by atoms with Crippen LogP contribution in [-0.2, 0) is 13.6 Å². The summed E-state index contributed by atoms with van der Waals surface area (Å²) in [6.07, 6.45) is 1.63. The van der Waals surface area contributed by atoms with Gasteiger partial charge < -0.3 is 19.9 Å². The number of aromatic nitrogens is 2. The van der Waals surface area contributed by atoms with Crippen LogP contribution in [0.4, 0.5) is 0 Å². The van der Waals surface area contributed by atoms with Gasteiger partial charge in [-0.15, -0.1) is 0 Å². The van der Waals surface area contributed by atoms with Crippen LogP contribution in [0.1, 0.15) is 5.69 Å². The number of halogens is 3. The minimum absolute atomic E-state index is 0.402. The standard InChI is InChI=1S/C15H18Cl3N5O/c1-19-15(22-9-10-8-12(17)13(18)23(10)2)21-6-7-24-14-11(16)4-3-5-20-14/h3-5,8H,6-7,9H2,1-2H3,(H2,19,21,22). The van der Waals surface area contributed by atoms with Crippen LogP contribution < -0.4 is 15.4 Å². The predicted octanol–water partition coefficient (Wildman–Crippen LogP) is 3.12. The number of rotatable bonds is 6. The van der Waals surface area contributed by atoms with E-state index in [1.807, 2.05) is 17.7 Å². The summed E-state index contributed by atoms with van der Waals surface area (Å²) in [4.78, 5) is 8.20. The van der Waals surface area contributed by atoms with Crippen molar-refractivity contribution in [1.82, 2.24) is 20.2 Å². The minimum atomic E-state index is 0.402. The van der Waals surface area contributed by atoms with Gasteiger partial charge in [0.05, 0.1) is 18.1 Å². The van der Waals surface area contributed by atoms with E-state index in [0.717, 1.165) is 5.69 Å². The lowest BCUT2D eigenvalue weighted by atomic mass is 10.4. The Hall–Kier alpha value is -1.63. The molecule has 0 amide bonds. The topological polar surface area (TPSA) is 63.5 Å². The van der Waals surface area contributed by atoms with Gasteiger partial charge in [-0.05, 0) is 18.2 Å². The lowest BCUT2D eigenvalue weighted by molar-refractivity contribution is 0.310. The van der Waals surface area contributed by atoms with Gasteiger partial charge in [-0.1, -0.05) is 34.8 Å². The fourth-order valence-corrected chi connectivity index (χ4v) is 2.54. The molecule has 2 heterocycles. The first-order valence-corrected chi connectivity index (χ1v) is 8.33. The fraction of sp³-hybridized carbons (Fsp3) is 0.333. The summed E-state index contributed by atoms with van der Waals surface area (Å²) in [5, 5.41) is 7.84. The Labute approximate surface area is 155 Å². The second kappa shape index (κ2) is 9.01. The van der Waals surface area contributed by atoms with E-state index in [1.165, 1.54) is 0 Å². The summed E-state index contributed by atoms with van der Waals surface area (Å²) in [5.41, 5.74) is 0.949. The highest BCUT2D eigenvalue weighted by Crippen LogP contribution is 2.24. The molecule has 130 valence electrons. The molecule has 2 aromatic rings. The predicted molar refractivity (Wildman–Crippen MR) is 98.4 cm³/mol. The summed E-state index contributed by atoms with van der Waals surface area (Å²) in [6.45, 7) is 1.48. The normalized spacial score (nSPS) is 11.5. The molecule has 0 aromatic carbocycles. The average molecular weight is 391 g/mol. The van der Waals surface area contributed by atoms with E-state index in [0.29, 0.717) is 46.7 Å². The van der Waals surface area contributed by atoms with Crippen molar-refractivity contribution in [2.24, 2.45) is 12.0 Å². The smallest absolute Gasteiger partial charge is 0.232 e. The first-order chi connectivity index (χ1) is 11.5. The Bertz CT molecular complexity index is 717. The highest BCUT2D eigenvalue weighted by molar-refractivity contribution is 6.41. The SMILES string of the molecule is CN=C(NCCOc1ncccc1Cl)NCc1cc(Cl)c(Cl)n1C. The molecule has 0 fully saturated rings. The number of hydrogen-bond donors (Lipinski definition) is 2. The zero-order chi connectivity index (χ0) is 17.5. The van der Waals surface area contributed by atoms with Crippen molar-refractivity contribution in [3.8, 4) is 5.88 Å². The van der Waals surface area contributed by atoms with E-state index in [2.05, 4.69) is 20.6 Å². The third kappa shape index (κ3) is 4.93. The molecule has 2 rings (SSSR count). The average Bonchev–Trinajstić information content (AvgIpc) is 2.83. The Balaban J connectivity index is 1.76. The molecule has 6 nitrogen and oxygen atoms in total. The number of nitrogens with one attached hydrogen (secondary N) is 2. The third-order valence-corrected chi connectivity index (χ3v) is 4.36. The largest absolute Gasteiger partial charge is 0.475 e. The third-order valence-electron chi connectivity index (χ3n) is 3.23. The number of guanidine groups is 1. The molecule has 9 heteroatoms. The van der Waals surface area contributed by atoms with Crippen molar-refractivity contribution in [3.05, 3.63) is 45.3 Å². The highest BCUT2D eigenvalue weighted by atomic mass is 35.5. The van der Waals surface area contributed by atoms with Gasteiger partial charge in [0, 0.05) is 26.0 Å². The van der Waals surface area contributed by atoms with E-state index < -0.39 is 0 Å². The maximum atomic E-state index is 6.05. The Morgan fingerprint density at radius 2 is 2.08 bits per heavy atom. The summed E-state index contributed by atoms with van der Waals surface area (Å²) in [7, 11) is 3.54. The molecule has 0 aliphatic rings. The lowest BCUT2D eigenvalue weighted by Gasteiger charge is -2.13. The minimum Gasteiger partial charge on any atom is -0.475 e. The molecule has 0 aliphatic heterocycles. The van der Waals surface area contributed by atoms with Crippen LogP contribution in [0, 0.1) is 0 Å². The van der Waals surface area contributed by atoms with Gasteiger partial charge in [-0.2, -0.15) is 0 Å². The Morgan fingerprint density at radius 1 is 1.29 bits per heavy atom. The maximum Gasteiger partial charge on any atom is 0.232 e. The zero-order valence-corrected chi connectivity index (χ0v) is 15.6. The molecule has 0 unspecified atom stereocenters. The summed E-state index contributed by atoms with van der Waals surface area (Å²) in [6, 6.07) is 5.30. The van der Waals surface area contributed by atoms with E-state index in [1.54, 1.807) is 25.4 Å². The number of hydrogen-bond acceptors (Lipinski definition) is 3. The second-order valence-electron chi connectivity index (χ2n) is 4.82. The van der Waals surface area contributed by atoms with Crippen LogP contribution in [0.25, 0.3) is 0 Å². The summed E-state index contributed by atoms with van der Waals surface area (Å²) >= 11 is 18.0. The molecule has 2 N–H and O–H groups in total. The second-order valence-corrected chi connectivity index (χ2v) is 6.00. The molecule has 0 saturated carbocycles. The van der Waals surface area contributed by atoms with E-state index >= 15 is 0 Å². The molecule has 24 heavy (non-hydrogen) atoms. The molecule has 0 bridgehead atoms. The van der Waals surface area contributed by atoms with Crippen LogP contribution in [0.3, 0.4) is 0 Å². The first kappa shape index (κ1) is 18.7. The van der Waals surface area contributed by atoms with Crippen LogP contribution in [0.5, 0.6) is 5.88 Å². The number of nitrogens with zero attached hydrogens (tertiary/aromatic N) is 3. The van der Waals surface area contributed by atoms with Crippen molar-refractivity contribution in [2.45, 2.75) is 6.54 Å². The van der Waals surface area contributed by atoms with Crippen molar-refractivity contribution < 1.29 is 4.74 Å². The van der Waals surface area contributed by atoms with Gasteiger partial charge in [0.15, 0.2) is 5.96 Å².